The minimum absolute atomic E-state index is 0.00668. The number of hydrogen-bond donors (Lipinski definition) is 1. The molecular formula is C16H18N4O3S. The Morgan fingerprint density at radius 3 is 3.12 bits per heavy atom. The Kier molecular flexibility index (Phi) is 2.81. The second-order valence-electron chi connectivity index (χ2n) is 6.97. The van der Waals surface area contributed by atoms with Crippen LogP contribution in [0.1, 0.15) is 11.3 Å². The lowest BCUT2D eigenvalue weighted by Gasteiger charge is -2.23. The molecule has 24 heavy (non-hydrogen) atoms. The third-order valence-corrected chi connectivity index (χ3v) is 6.52. The van der Waals surface area contributed by atoms with Crippen LogP contribution in [0.25, 0.3) is 0 Å². The normalized spacial score (nSPS) is 35.7. The molecule has 1 aromatic rings. The number of amides is 2. The van der Waals surface area contributed by atoms with Gasteiger partial charge in [-0.05, 0) is 0 Å². The number of carbonyl (C=O) groups is 2. The third kappa shape index (κ3) is 1.70. The summed E-state index contributed by atoms with van der Waals surface area (Å²) in [5, 5.41) is 7.50. The van der Waals surface area contributed by atoms with E-state index in [1.165, 1.54) is 0 Å². The van der Waals surface area contributed by atoms with E-state index in [1.54, 1.807) is 28.4 Å². The van der Waals surface area contributed by atoms with E-state index in [0.29, 0.717) is 6.54 Å². The fraction of sp³-hybridized carbons (Fsp3) is 0.562. The number of likely N-dealkylation sites (tertiary alicyclic amines) is 1. The Balaban J connectivity index is 1.46. The average Bonchev–Trinajstić information content (AvgIpc) is 3.29. The lowest BCUT2D eigenvalue weighted by molar-refractivity contribution is -0.134. The number of aromatic nitrogens is 2. The van der Waals surface area contributed by atoms with E-state index in [2.05, 4.69) is 10.4 Å². The minimum Gasteiger partial charge on any atom is -0.360 e. The number of aryl methyl sites for hydroxylation is 1. The molecule has 0 aromatic carbocycles. The van der Waals surface area contributed by atoms with Gasteiger partial charge >= 0.3 is 0 Å². The Labute approximate surface area is 143 Å². The van der Waals surface area contributed by atoms with Gasteiger partial charge in [-0.2, -0.15) is 16.9 Å². The molecule has 2 saturated heterocycles. The van der Waals surface area contributed by atoms with Crippen molar-refractivity contribution in [1.82, 2.24) is 14.7 Å². The van der Waals surface area contributed by atoms with Crippen molar-refractivity contribution < 1.29 is 14.3 Å². The highest BCUT2D eigenvalue weighted by atomic mass is 32.2. The van der Waals surface area contributed by atoms with Crippen LogP contribution in [-0.4, -0.2) is 51.8 Å². The van der Waals surface area contributed by atoms with Gasteiger partial charge < -0.3 is 15.0 Å². The lowest BCUT2D eigenvalue weighted by Crippen LogP contribution is -2.41. The zero-order valence-corrected chi connectivity index (χ0v) is 14.3. The average molecular weight is 346 g/mol. The number of likely N-dealkylation sites (N-methyl/N-ethyl adjacent to an activating group) is 1. The van der Waals surface area contributed by atoms with Gasteiger partial charge in [-0.15, -0.1) is 0 Å². The van der Waals surface area contributed by atoms with Gasteiger partial charge in [0.15, 0.2) is 0 Å². The fourth-order valence-corrected chi connectivity index (χ4v) is 5.52. The third-order valence-electron chi connectivity index (χ3n) is 5.55. The molecule has 4 atom stereocenters. The number of rotatable bonds is 2. The van der Waals surface area contributed by atoms with E-state index in [-0.39, 0.29) is 17.9 Å². The highest BCUT2D eigenvalue weighted by molar-refractivity contribution is 7.98. The van der Waals surface area contributed by atoms with E-state index >= 15 is 0 Å². The Morgan fingerprint density at radius 1 is 1.46 bits per heavy atom. The number of nitrogens with zero attached hydrogens (tertiary/aromatic N) is 3. The van der Waals surface area contributed by atoms with Crippen molar-refractivity contribution in [2.24, 2.45) is 18.9 Å². The summed E-state index contributed by atoms with van der Waals surface area (Å²) in [6.45, 7) is 0.519. The smallest absolute Gasteiger partial charge is 0.232 e. The van der Waals surface area contributed by atoms with Crippen LogP contribution in [-0.2, 0) is 32.9 Å². The number of ether oxygens (including phenoxy) is 1. The molecule has 5 rings (SSSR count). The van der Waals surface area contributed by atoms with Crippen molar-refractivity contribution in [3.8, 4) is 0 Å². The number of carbonyl (C=O) groups excluding carboxylic acids is 2. The monoisotopic (exact) mass is 346 g/mol. The van der Waals surface area contributed by atoms with Crippen LogP contribution in [0.2, 0.25) is 0 Å². The highest BCUT2D eigenvalue weighted by Gasteiger charge is 2.66. The summed E-state index contributed by atoms with van der Waals surface area (Å²) in [5.41, 5.74) is 1.51. The van der Waals surface area contributed by atoms with Gasteiger partial charge in [0.25, 0.3) is 0 Å². The molecule has 4 aliphatic rings. The first-order valence-corrected chi connectivity index (χ1v) is 9.21. The van der Waals surface area contributed by atoms with E-state index in [9.17, 15) is 9.59 Å². The molecule has 7 nitrogen and oxygen atoms in total. The first kappa shape index (κ1) is 14.5. The maximum atomic E-state index is 13.0. The molecular weight excluding hydrogens is 328 g/mol. The summed E-state index contributed by atoms with van der Waals surface area (Å²) < 4.78 is 7.77. The number of hydrogen-bond acceptors (Lipinski definition) is 5. The summed E-state index contributed by atoms with van der Waals surface area (Å²) in [7, 11) is 3.60. The zero-order valence-electron chi connectivity index (χ0n) is 13.5. The van der Waals surface area contributed by atoms with Crippen molar-refractivity contribution >= 4 is 29.4 Å². The molecule has 126 valence electrons. The first-order valence-electron chi connectivity index (χ1n) is 8.06. The van der Waals surface area contributed by atoms with Crippen molar-refractivity contribution in [2.75, 3.05) is 18.9 Å². The van der Waals surface area contributed by atoms with E-state index in [4.69, 9.17) is 4.74 Å². The second kappa shape index (κ2) is 4.64. The quantitative estimate of drug-likeness (QED) is 0.790. The lowest BCUT2D eigenvalue weighted by atomic mass is 9.77. The number of nitrogens with one attached hydrogen (secondary N) is 1. The molecule has 2 fully saturated rings. The first-order chi connectivity index (χ1) is 11.5. The SMILES string of the molecule is CN1C[C@]23C=C[C@H](O2)[C@H](C(=O)Nc2c4c(nn2C)CSC4)[C@@H]3C1=O. The van der Waals surface area contributed by atoms with Crippen LogP contribution < -0.4 is 5.32 Å². The summed E-state index contributed by atoms with van der Waals surface area (Å²) in [4.78, 5) is 27.2. The predicted molar refractivity (Wildman–Crippen MR) is 88.2 cm³/mol. The van der Waals surface area contributed by atoms with Crippen LogP contribution >= 0.6 is 11.8 Å². The zero-order chi connectivity index (χ0) is 16.6. The van der Waals surface area contributed by atoms with Gasteiger partial charge in [-0.1, -0.05) is 12.2 Å². The highest BCUT2D eigenvalue weighted by Crippen LogP contribution is 2.51. The number of fused-ring (bicyclic) bond motifs is 2. The minimum atomic E-state index is -0.622. The van der Waals surface area contributed by atoms with Gasteiger partial charge in [0.1, 0.15) is 11.4 Å². The van der Waals surface area contributed by atoms with Crippen LogP contribution in [0.15, 0.2) is 12.2 Å². The van der Waals surface area contributed by atoms with Gasteiger partial charge in [-0.25, -0.2) is 0 Å². The number of thioether (sulfide) groups is 1. The standard InChI is InChI=1S/C16H18N4O3S/c1-19-7-16-4-3-10(23-16)11(12(16)15(19)22)14(21)17-13-8-5-24-6-9(8)18-20(13)2/h3-4,10-12H,5-7H2,1-2H3,(H,17,21)/t10-,11-,12+,16-/m0/s1. The van der Waals surface area contributed by atoms with Crippen LogP contribution in [0.5, 0.6) is 0 Å². The van der Waals surface area contributed by atoms with Crippen molar-refractivity contribution in [1.29, 1.82) is 0 Å². The molecule has 2 amide bonds. The largest absolute Gasteiger partial charge is 0.360 e. The fourth-order valence-electron chi connectivity index (χ4n) is 4.49. The summed E-state index contributed by atoms with van der Waals surface area (Å²) in [6.07, 6.45) is 3.58. The molecule has 5 heterocycles. The van der Waals surface area contributed by atoms with Gasteiger partial charge in [0.2, 0.25) is 11.8 Å². The van der Waals surface area contributed by atoms with Gasteiger partial charge in [0, 0.05) is 31.2 Å². The Bertz CT molecular complexity index is 803. The molecule has 1 aromatic heterocycles. The molecule has 0 unspecified atom stereocenters. The molecule has 1 N–H and O–H groups in total. The maximum absolute atomic E-state index is 13.0. The maximum Gasteiger partial charge on any atom is 0.232 e. The van der Waals surface area contributed by atoms with Crippen molar-refractivity contribution in [3.05, 3.63) is 23.4 Å². The molecule has 2 bridgehead atoms. The molecule has 0 radical (unpaired) electrons. The molecule has 0 saturated carbocycles. The summed E-state index contributed by atoms with van der Waals surface area (Å²) in [5.74, 6) is 1.43. The molecule has 1 spiro atoms. The number of anilines is 1. The van der Waals surface area contributed by atoms with E-state index < -0.39 is 17.4 Å². The van der Waals surface area contributed by atoms with Crippen molar-refractivity contribution in [3.63, 3.8) is 0 Å². The molecule has 8 heteroatoms. The van der Waals surface area contributed by atoms with Crippen LogP contribution in [0.4, 0.5) is 5.82 Å². The molecule has 4 aliphatic heterocycles. The topological polar surface area (TPSA) is 76.5 Å². The van der Waals surface area contributed by atoms with Crippen LogP contribution in [0.3, 0.4) is 0 Å². The summed E-state index contributed by atoms with van der Waals surface area (Å²) >= 11 is 1.80. The Hall–Kier alpha value is -1.80. The predicted octanol–water partition coefficient (Wildman–Crippen LogP) is 0.517. The van der Waals surface area contributed by atoms with Crippen LogP contribution in [0, 0.1) is 11.8 Å². The second-order valence-corrected chi connectivity index (χ2v) is 7.96. The van der Waals surface area contributed by atoms with Gasteiger partial charge in [0.05, 0.1) is 30.2 Å². The van der Waals surface area contributed by atoms with E-state index in [1.807, 2.05) is 19.2 Å². The van der Waals surface area contributed by atoms with E-state index in [0.717, 1.165) is 28.6 Å². The Morgan fingerprint density at radius 2 is 2.29 bits per heavy atom. The summed E-state index contributed by atoms with van der Waals surface area (Å²) in [6, 6.07) is 0. The van der Waals surface area contributed by atoms with Gasteiger partial charge in [-0.3, -0.25) is 14.3 Å². The molecule has 0 aliphatic carbocycles. The van der Waals surface area contributed by atoms with Crippen molar-refractivity contribution in [2.45, 2.75) is 23.2 Å².